The van der Waals surface area contributed by atoms with Crippen LogP contribution in [-0.4, -0.2) is 28.0 Å². The monoisotopic (exact) mass is 363 g/mol. The van der Waals surface area contributed by atoms with Crippen LogP contribution >= 0.6 is 22.9 Å². The molecule has 0 atom stereocenters. The number of aryl methyl sites for hydroxylation is 1. The summed E-state index contributed by atoms with van der Waals surface area (Å²) in [6.45, 7) is 1.65. The lowest BCUT2D eigenvalue weighted by molar-refractivity contribution is 0.0600. The van der Waals surface area contributed by atoms with E-state index in [1.54, 1.807) is 24.6 Å². The summed E-state index contributed by atoms with van der Waals surface area (Å²) in [6, 6.07) is 4.32. The first-order valence-electron chi connectivity index (χ1n) is 6.84. The Kier molecular flexibility index (Phi) is 4.55. The van der Waals surface area contributed by atoms with Gasteiger partial charge in [-0.25, -0.2) is 24.1 Å². The van der Waals surface area contributed by atoms with Gasteiger partial charge in [-0.1, -0.05) is 23.7 Å². The van der Waals surface area contributed by atoms with E-state index < -0.39 is 11.8 Å². The Morgan fingerprint density at radius 2 is 2.12 bits per heavy atom. The highest BCUT2D eigenvalue weighted by Gasteiger charge is 2.24. The van der Waals surface area contributed by atoms with Crippen LogP contribution in [-0.2, 0) is 4.74 Å². The van der Waals surface area contributed by atoms with E-state index in [4.69, 9.17) is 16.3 Å². The first kappa shape index (κ1) is 16.5. The summed E-state index contributed by atoms with van der Waals surface area (Å²) in [5.74, 6) is -0.879. The minimum Gasteiger partial charge on any atom is -0.465 e. The number of carbonyl (C=O) groups is 1. The number of methoxy groups -OCH3 is 1. The van der Waals surface area contributed by atoms with Crippen molar-refractivity contribution in [2.75, 3.05) is 7.11 Å². The van der Waals surface area contributed by atoms with Crippen LogP contribution in [0.4, 0.5) is 4.39 Å². The maximum atomic E-state index is 13.9. The fraction of sp³-hybridized carbons (Fsp3) is 0.125. The molecule has 0 aliphatic rings. The molecule has 24 heavy (non-hydrogen) atoms. The second kappa shape index (κ2) is 6.62. The largest absolute Gasteiger partial charge is 0.465 e. The van der Waals surface area contributed by atoms with E-state index in [2.05, 4.69) is 15.0 Å². The van der Waals surface area contributed by atoms with Crippen molar-refractivity contribution in [3.05, 3.63) is 51.9 Å². The number of carbonyl (C=O) groups excluding carboxylic acids is 1. The number of nitrogens with zero attached hydrogens (tertiary/aromatic N) is 3. The summed E-state index contributed by atoms with van der Waals surface area (Å²) in [7, 11) is 1.26. The van der Waals surface area contributed by atoms with Gasteiger partial charge in [-0.2, -0.15) is 0 Å². The zero-order chi connectivity index (χ0) is 17.3. The molecule has 0 amide bonds. The Morgan fingerprint density at radius 3 is 2.79 bits per heavy atom. The van der Waals surface area contributed by atoms with E-state index in [1.807, 2.05) is 0 Å². The van der Waals surface area contributed by atoms with Crippen LogP contribution in [0.3, 0.4) is 0 Å². The smallest absolute Gasteiger partial charge is 0.341 e. The molecule has 2 aromatic heterocycles. The first-order chi connectivity index (χ1) is 11.5. The van der Waals surface area contributed by atoms with Gasteiger partial charge >= 0.3 is 5.97 Å². The number of thiazole rings is 1. The van der Waals surface area contributed by atoms with Gasteiger partial charge in [-0.05, 0) is 13.0 Å². The quantitative estimate of drug-likeness (QED) is 0.654. The van der Waals surface area contributed by atoms with Crippen LogP contribution in [0.2, 0.25) is 5.02 Å². The van der Waals surface area contributed by atoms with Gasteiger partial charge in [0.15, 0.2) is 10.8 Å². The predicted octanol–water partition coefficient (Wildman–Crippen LogP) is 4.15. The number of rotatable bonds is 3. The summed E-state index contributed by atoms with van der Waals surface area (Å²) >= 11 is 7.43. The summed E-state index contributed by atoms with van der Waals surface area (Å²) in [5.41, 5.74) is 1.05. The molecule has 3 rings (SSSR count). The van der Waals surface area contributed by atoms with Crippen LogP contribution in [0, 0.1) is 12.7 Å². The van der Waals surface area contributed by atoms with E-state index >= 15 is 0 Å². The van der Waals surface area contributed by atoms with Crippen molar-refractivity contribution in [1.29, 1.82) is 0 Å². The Hall–Kier alpha value is -2.38. The third-order valence-corrected chi connectivity index (χ3v) is 4.46. The van der Waals surface area contributed by atoms with Crippen LogP contribution < -0.4 is 0 Å². The highest BCUT2D eigenvalue weighted by Crippen LogP contribution is 2.33. The van der Waals surface area contributed by atoms with Gasteiger partial charge in [0, 0.05) is 17.1 Å². The molecule has 0 unspecified atom stereocenters. The Bertz CT molecular complexity index is 916. The summed E-state index contributed by atoms with van der Waals surface area (Å²) in [6.07, 6.45) is 1.63. The Labute approximate surface area is 146 Å². The average Bonchev–Trinajstić information content (AvgIpc) is 3.10. The van der Waals surface area contributed by atoms with Gasteiger partial charge in [0.2, 0.25) is 0 Å². The van der Waals surface area contributed by atoms with Crippen molar-refractivity contribution in [2.45, 2.75) is 6.92 Å². The van der Waals surface area contributed by atoms with Gasteiger partial charge < -0.3 is 4.74 Å². The van der Waals surface area contributed by atoms with E-state index in [-0.39, 0.29) is 16.3 Å². The normalized spacial score (nSPS) is 10.7. The van der Waals surface area contributed by atoms with E-state index in [0.717, 1.165) is 0 Å². The van der Waals surface area contributed by atoms with E-state index in [9.17, 15) is 9.18 Å². The highest BCUT2D eigenvalue weighted by atomic mass is 35.5. The van der Waals surface area contributed by atoms with Crippen molar-refractivity contribution in [1.82, 2.24) is 15.0 Å². The zero-order valence-corrected chi connectivity index (χ0v) is 14.3. The number of benzene rings is 1. The standard InChI is InChI=1S/C16H11ClFN3O2S/c1-8-11(16(22)23-2)13(9-4-3-5-10(18)12(9)17)21-14(20-8)15-19-6-7-24-15/h3-7H,1-2H3. The molecule has 0 spiro atoms. The Balaban J connectivity index is 2.32. The SMILES string of the molecule is COC(=O)c1c(C)nc(-c2nccs2)nc1-c1cccc(F)c1Cl. The van der Waals surface area contributed by atoms with Crippen molar-refractivity contribution in [3.8, 4) is 22.1 Å². The van der Waals surface area contributed by atoms with Gasteiger partial charge in [-0.3, -0.25) is 0 Å². The molecule has 0 aliphatic heterocycles. The fourth-order valence-electron chi connectivity index (χ4n) is 2.23. The van der Waals surface area contributed by atoms with Crippen molar-refractivity contribution in [2.24, 2.45) is 0 Å². The number of hydrogen-bond donors (Lipinski definition) is 0. The van der Waals surface area contributed by atoms with Crippen LogP contribution in [0.25, 0.3) is 22.1 Å². The summed E-state index contributed by atoms with van der Waals surface area (Å²) in [5, 5.41) is 2.26. The molecule has 122 valence electrons. The number of hydrogen-bond acceptors (Lipinski definition) is 6. The van der Waals surface area contributed by atoms with E-state index in [1.165, 1.54) is 30.6 Å². The lowest BCUT2D eigenvalue weighted by Crippen LogP contribution is -2.11. The minimum absolute atomic E-state index is 0.120. The third kappa shape index (κ3) is 2.88. The highest BCUT2D eigenvalue weighted by molar-refractivity contribution is 7.13. The first-order valence-corrected chi connectivity index (χ1v) is 8.10. The summed E-state index contributed by atoms with van der Waals surface area (Å²) in [4.78, 5) is 25.1. The van der Waals surface area contributed by atoms with Crippen molar-refractivity contribution >= 4 is 28.9 Å². The van der Waals surface area contributed by atoms with Gasteiger partial charge in [0.1, 0.15) is 11.4 Å². The van der Waals surface area contributed by atoms with Gasteiger partial charge in [0.05, 0.1) is 23.5 Å². The third-order valence-electron chi connectivity index (χ3n) is 3.31. The molecule has 0 radical (unpaired) electrons. The summed E-state index contributed by atoms with van der Waals surface area (Å²) < 4.78 is 18.7. The maximum absolute atomic E-state index is 13.9. The number of aromatic nitrogens is 3. The number of halogens is 2. The lowest BCUT2D eigenvalue weighted by atomic mass is 10.0. The molecule has 0 aliphatic carbocycles. The molecule has 8 heteroatoms. The fourth-order valence-corrected chi connectivity index (χ4v) is 3.01. The van der Waals surface area contributed by atoms with Crippen LogP contribution in [0.5, 0.6) is 0 Å². The van der Waals surface area contributed by atoms with Crippen LogP contribution in [0.1, 0.15) is 16.1 Å². The van der Waals surface area contributed by atoms with Gasteiger partial charge in [-0.15, -0.1) is 11.3 Å². The maximum Gasteiger partial charge on any atom is 0.341 e. The molecule has 5 nitrogen and oxygen atoms in total. The van der Waals surface area contributed by atoms with Gasteiger partial charge in [0.25, 0.3) is 0 Å². The number of esters is 1. The molecule has 3 aromatic rings. The van der Waals surface area contributed by atoms with Crippen molar-refractivity contribution in [3.63, 3.8) is 0 Å². The molecule has 1 aromatic carbocycles. The molecular weight excluding hydrogens is 353 g/mol. The lowest BCUT2D eigenvalue weighted by Gasteiger charge is -2.12. The minimum atomic E-state index is -0.617. The van der Waals surface area contributed by atoms with Crippen molar-refractivity contribution < 1.29 is 13.9 Å². The zero-order valence-electron chi connectivity index (χ0n) is 12.7. The second-order valence-corrected chi connectivity index (χ2v) is 6.06. The molecule has 0 N–H and O–H groups in total. The number of ether oxygens (including phenoxy) is 1. The molecule has 2 heterocycles. The van der Waals surface area contributed by atoms with E-state index in [0.29, 0.717) is 22.1 Å². The molecule has 0 fully saturated rings. The predicted molar refractivity (Wildman–Crippen MR) is 89.6 cm³/mol. The molecular formula is C16H11ClFN3O2S. The Morgan fingerprint density at radius 1 is 1.33 bits per heavy atom. The average molecular weight is 364 g/mol. The molecule has 0 bridgehead atoms. The second-order valence-electron chi connectivity index (χ2n) is 4.79. The topological polar surface area (TPSA) is 65.0 Å². The molecule has 0 saturated heterocycles. The van der Waals surface area contributed by atoms with Crippen LogP contribution in [0.15, 0.2) is 29.8 Å². The molecule has 0 saturated carbocycles.